The van der Waals surface area contributed by atoms with E-state index in [1.807, 2.05) is 24.5 Å². The van der Waals surface area contributed by atoms with Crippen LogP contribution in [0.1, 0.15) is 11.3 Å². The third-order valence-electron chi connectivity index (χ3n) is 9.64. The minimum Gasteiger partial charge on any atom is -0.477 e. The van der Waals surface area contributed by atoms with Crippen molar-refractivity contribution in [2.24, 2.45) is 0 Å². The van der Waals surface area contributed by atoms with Gasteiger partial charge in [-0.3, -0.25) is 4.98 Å². The Kier molecular flexibility index (Phi) is 5.60. The molecule has 4 heteroatoms. The molecule has 5 aromatic carbocycles. The molecule has 0 amide bonds. The molecule has 0 saturated carbocycles. The van der Waals surface area contributed by atoms with Gasteiger partial charge in [0.1, 0.15) is 6.26 Å². The zero-order chi connectivity index (χ0) is 30.9. The smallest absolute Gasteiger partial charge is 0.233 e. The SMILES string of the molecule is C1=C[N+](c2ccccc2)=C2C=C3C(=CC2O1)c1ncccc1-c1ccccc1-c1cc(-n2c4ccccc4c4ccccc42)ccc13. The van der Waals surface area contributed by atoms with Crippen molar-refractivity contribution < 1.29 is 9.31 Å². The number of para-hydroxylation sites is 3. The molecular weight excluding hydrogens is 574 g/mol. The summed E-state index contributed by atoms with van der Waals surface area (Å²) >= 11 is 0. The van der Waals surface area contributed by atoms with Crippen molar-refractivity contribution in [3.63, 3.8) is 0 Å². The van der Waals surface area contributed by atoms with Gasteiger partial charge in [-0.1, -0.05) is 91.0 Å². The lowest BCUT2D eigenvalue weighted by Gasteiger charge is -2.28. The van der Waals surface area contributed by atoms with E-state index in [1.54, 1.807) is 6.26 Å². The monoisotopic (exact) mass is 602 g/mol. The number of ether oxygens (including phenoxy) is 1. The van der Waals surface area contributed by atoms with Crippen LogP contribution < -0.4 is 0 Å². The number of pyridine rings is 1. The number of nitrogens with zero attached hydrogens (tertiary/aromatic N) is 3. The number of hydrogen-bond donors (Lipinski definition) is 0. The highest BCUT2D eigenvalue weighted by Gasteiger charge is 2.36. The molecule has 220 valence electrons. The number of allylic oxidation sites excluding steroid dienone is 2. The van der Waals surface area contributed by atoms with E-state index in [0.29, 0.717) is 0 Å². The van der Waals surface area contributed by atoms with Gasteiger partial charge in [0.15, 0.2) is 0 Å². The third-order valence-corrected chi connectivity index (χ3v) is 9.64. The largest absolute Gasteiger partial charge is 0.477 e. The van der Waals surface area contributed by atoms with Gasteiger partial charge >= 0.3 is 0 Å². The summed E-state index contributed by atoms with van der Waals surface area (Å²) in [6.07, 6.45) is 10.00. The first-order valence-electron chi connectivity index (χ1n) is 16.0. The van der Waals surface area contributed by atoms with E-state index in [2.05, 4.69) is 143 Å². The summed E-state index contributed by atoms with van der Waals surface area (Å²) in [6, 6.07) is 47.7. The maximum absolute atomic E-state index is 6.27. The van der Waals surface area contributed by atoms with Crippen molar-refractivity contribution in [3.05, 3.63) is 176 Å². The Morgan fingerprint density at radius 1 is 0.596 bits per heavy atom. The van der Waals surface area contributed by atoms with Crippen molar-refractivity contribution >= 4 is 44.4 Å². The molecular formula is C43H28N3O+. The average molecular weight is 603 g/mol. The van der Waals surface area contributed by atoms with E-state index < -0.39 is 0 Å². The minimum absolute atomic E-state index is 0.246. The maximum atomic E-state index is 6.27. The molecule has 10 rings (SSSR count). The normalized spacial score (nSPS) is 16.1. The Bertz CT molecular complexity index is 2490. The van der Waals surface area contributed by atoms with Gasteiger partial charge in [0.2, 0.25) is 23.7 Å². The average Bonchev–Trinajstić information content (AvgIpc) is 3.48. The number of benzene rings is 5. The molecule has 0 bridgehead atoms. The van der Waals surface area contributed by atoms with Crippen molar-refractivity contribution in [2.75, 3.05) is 0 Å². The molecule has 0 spiro atoms. The predicted molar refractivity (Wildman–Crippen MR) is 191 cm³/mol. The van der Waals surface area contributed by atoms with Gasteiger partial charge in [-0.2, -0.15) is 4.58 Å². The number of rotatable bonds is 2. The van der Waals surface area contributed by atoms with E-state index in [-0.39, 0.29) is 6.10 Å². The van der Waals surface area contributed by atoms with Crippen LogP contribution in [-0.2, 0) is 4.74 Å². The second-order valence-electron chi connectivity index (χ2n) is 12.2. The second kappa shape index (κ2) is 10.1. The summed E-state index contributed by atoms with van der Waals surface area (Å²) in [7, 11) is 0. The van der Waals surface area contributed by atoms with Crippen LogP contribution >= 0.6 is 0 Å². The summed E-state index contributed by atoms with van der Waals surface area (Å²) in [4.78, 5) is 5.01. The van der Waals surface area contributed by atoms with E-state index in [4.69, 9.17) is 9.72 Å². The molecule has 47 heavy (non-hydrogen) atoms. The van der Waals surface area contributed by atoms with Crippen LogP contribution in [-0.4, -0.2) is 25.9 Å². The fourth-order valence-corrected chi connectivity index (χ4v) is 7.59. The molecule has 1 atom stereocenters. The van der Waals surface area contributed by atoms with E-state index in [9.17, 15) is 0 Å². The molecule has 2 aromatic heterocycles. The molecule has 4 nitrogen and oxygen atoms in total. The molecule has 0 fully saturated rings. The molecule has 0 N–H and O–H groups in total. The zero-order valence-corrected chi connectivity index (χ0v) is 25.4. The summed E-state index contributed by atoms with van der Waals surface area (Å²) < 4.78 is 10.9. The first kappa shape index (κ1) is 26.0. The lowest BCUT2D eigenvalue weighted by Crippen LogP contribution is -2.31. The topological polar surface area (TPSA) is 30.1 Å². The fourth-order valence-electron chi connectivity index (χ4n) is 7.59. The fraction of sp³-hybridized carbons (Fsp3) is 0.0233. The van der Waals surface area contributed by atoms with E-state index in [1.165, 1.54) is 38.5 Å². The van der Waals surface area contributed by atoms with Crippen molar-refractivity contribution in [2.45, 2.75) is 6.10 Å². The van der Waals surface area contributed by atoms with E-state index in [0.717, 1.165) is 45.1 Å². The lowest BCUT2D eigenvalue weighted by atomic mass is 9.78. The standard InChI is InChI=1S/C43H28N3O/c1-2-11-28(12-3-1)45-23-24-47-42-27-38-37(26-41(42)45)32-21-20-29(46-39-18-8-6-15-33(39)34-16-7-9-19-40(34)46)25-36(32)31-14-5-4-13-30(31)35-17-10-22-44-43(35)38/h1-27,42H/q+1. The Labute approximate surface area is 272 Å². The van der Waals surface area contributed by atoms with Gasteiger partial charge in [0.25, 0.3) is 0 Å². The van der Waals surface area contributed by atoms with Crippen LogP contribution in [0.25, 0.3) is 60.9 Å². The van der Waals surface area contributed by atoms with Crippen LogP contribution in [0.5, 0.6) is 0 Å². The van der Waals surface area contributed by atoms with Crippen LogP contribution in [0.2, 0.25) is 0 Å². The highest BCUT2D eigenvalue weighted by Crippen LogP contribution is 2.48. The molecule has 1 aliphatic heterocycles. The van der Waals surface area contributed by atoms with Gasteiger partial charge < -0.3 is 9.30 Å². The highest BCUT2D eigenvalue weighted by atomic mass is 16.5. The predicted octanol–water partition coefficient (Wildman–Crippen LogP) is 9.96. The van der Waals surface area contributed by atoms with Crippen molar-refractivity contribution in [1.29, 1.82) is 0 Å². The van der Waals surface area contributed by atoms with Crippen LogP contribution in [0, 0.1) is 0 Å². The van der Waals surface area contributed by atoms with Crippen LogP contribution in [0.4, 0.5) is 5.69 Å². The number of hydrogen-bond acceptors (Lipinski definition) is 2. The van der Waals surface area contributed by atoms with Crippen molar-refractivity contribution in [1.82, 2.24) is 9.55 Å². The Morgan fingerprint density at radius 3 is 2.06 bits per heavy atom. The summed E-state index contributed by atoms with van der Waals surface area (Å²) in [5.41, 5.74) is 14.7. The summed E-state index contributed by atoms with van der Waals surface area (Å²) in [5, 5.41) is 2.51. The van der Waals surface area contributed by atoms with Crippen LogP contribution in [0.15, 0.2) is 164 Å². The first-order valence-corrected chi connectivity index (χ1v) is 16.0. The van der Waals surface area contributed by atoms with Gasteiger partial charge in [-0.25, -0.2) is 0 Å². The molecule has 3 aliphatic rings. The van der Waals surface area contributed by atoms with Crippen LogP contribution in [0.3, 0.4) is 0 Å². The molecule has 1 unspecified atom stereocenters. The minimum atomic E-state index is -0.246. The number of fused-ring (bicyclic) bond motifs is 12. The Balaban J connectivity index is 1.30. The summed E-state index contributed by atoms with van der Waals surface area (Å²) in [5.74, 6) is 0. The maximum Gasteiger partial charge on any atom is 0.233 e. The third kappa shape index (κ3) is 3.88. The van der Waals surface area contributed by atoms with Crippen molar-refractivity contribution in [3.8, 4) is 27.9 Å². The summed E-state index contributed by atoms with van der Waals surface area (Å²) in [6.45, 7) is 0. The molecule has 0 radical (unpaired) electrons. The van der Waals surface area contributed by atoms with Gasteiger partial charge in [-0.15, -0.1) is 0 Å². The molecule has 0 saturated heterocycles. The molecule has 2 aliphatic carbocycles. The lowest BCUT2D eigenvalue weighted by molar-refractivity contribution is -0.370. The molecule has 7 aromatic rings. The first-order chi connectivity index (χ1) is 23.3. The zero-order valence-electron chi connectivity index (χ0n) is 25.4. The van der Waals surface area contributed by atoms with E-state index >= 15 is 0 Å². The molecule has 3 heterocycles. The quantitative estimate of drug-likeness (QED) is 0.184. The Hall–Kier alpha value is -6.26. The highest BCUT2D eigenvalue weighted by molar-refractivity contribution is 6.21. The van der Waals surface area contributed by atoms with Gasteiger partial charge in [0, 0.05) is 52.0 Å². The van der Waals surface area contributed by atoms with Gasteiger partial charge in [-0.05, 0) is 64.2 Å². The second-order valence-corrected chi connectivity index (χ2v) is 12.2. The number of aromatic nitrogens is 2. The van der Waals surface area contributed by atoms with Gasteiger partial charge in [0.05, 0.1) is 16.7 Å². The Morgan fingerprint density at radius 2 is 1.28 bits per heavy atom.